The van der Waals surface area contributed by atoms with Crippen molar-refractivity contribution in [3.63, 3.8) is 0 Å². The smallest absolute Gasteiger partial charge is 0.246 e. The van der Waals surface area contributed by atoms with Gasteiger partial charge in [-0.3, -0.25) is 4.79 Å². The molecule has 0 bridgehead atoms. The zero-order chi connectivity index (χ0) is 14.5. The van der Waals surface area contributed by atoms with Crippen LogP contribution in [-0.4, -0.2) is 29.6 Å². The average Bonchev–Trinajstić information content (AvgIpc) is 2.64. The van der Waals surface area contributed by atoms with Crippen LogP contribution >= 0.6 is 11.8 Å². The van der Waals surface area contributed by atoms with Crippen LogP contribution in [0.2, 0.25) is 0 Å². The fraction of sp³-hybridized carbons (Fsp3) is 0.438. The zero-order valence-corrected chi connectivity index (χ0v) is 12.8. The Hall–Kier alpha value is -1.29. The van der Waals surface area contributed by atoms with Crippen LogP contribution in [0.5, 0.6) is 0 Å². The first-order chi connectivity index (χ1) is 9.58. The van der Waals surface area contributed by atoms with Crippen molar-refractivity contribution in [2.75, 3.05) is 18.8 Å². The normalized spacial score (nSPS) is 19.4. The highest BCUT2D eigenvalue weighted by molar-refractivity contribution is 7.99. The van der Waals surface area contributed by atoms with Gasteiger partial charge in [-0.05, 0) is 26.3 Å². The SMILES string of the molecule is CC(C)=CC(=O)N1CCSC(c2ccccc2F)CC1. The minimum absolute atomic E-state index is 0.0692. The molecule has 1 unspecified atom stereocenters. The number of allylic oxidation sites excluding steroid dienone is 1. The Bertz CT molecular complexity index is 511. The topological polar surface area (TPSA) is 20.3 Å². The summed E-state index contributed by atoms with van der Waals surface area (Å²) >= 11 is 1.74. The van der Waals surface area contributed by atoms with E-state index in [0.29, 0.717) is 6.54 Å². The summed E-state index contributed by atoms with van der Waals surface area (Å²) in [5.74, 6) is 0.773. The second-order valence-corrected chi connectivity index (χ2v) is 6.53. The molecule has 1 aliphatic rings. The summed E-state index contributed by atoms with van der Waals surface area (Å²) in [5, 5.41) is 0.140. The van der Waals surface area contributed by atoms with Crippen LogP contribution in [0.4, 0.5) is 4.39 Å². The van der Waals surface area contributed by atoms with Crippen molar-refractivity contribution in [1.82, 2.24) is 4.90 Å². The van der Waals surface area contributed by atoms with Crippen LogP contribution in [0.25, 0.3) is 0 Å². The first kappa shape index (κ1) is 15.1. The predicted molar refractivity (Wildman–Crippen MR) is 82.2 cm³/mol. The third kappa shape index (κ3) is 3.85. The Morgan fingerprint density at radius 2 is 2.10 bits per heavy atom. The molecule has 1 fully saturated rings. The van der Waals surface area contributed by atoms with Crippen molar-refractivity contribution in [2.45, 2.75) is 25.5 Å². The van der Waals surface area contributed by atoms with Gasteiger partial charge in [-0.2, -0.15) is 11.8 Å². The van der Waals surface area contributed by atoms with E-state index in [1.165, 1.54) is 6.07 Å². The number of carbonyl (C=O) groups is 1. The van der Waals surface area contributed by atoms with Crippen molar-refractivity contribution >= 4 is 17.7 Å². The molecule has 0 saturated carbocycles. The van der Waals surface area contributed by atoms with Gasteiger partial charge < -0.3 is 4.90 Å². The largest absolute Gasteiger partial charge is 0.338 e. The number of halogens is 1. The van der Waals surface area contributed by atoms with E-state index in [0.717, 1.165) is 29.9 Å². The molecule has 0 aromatic heterocycles. The number of benzene rings is 1. The summed E-state index contributed by atoms with van der Waals surface area (Å²) in [5.41, 5.74) is 1.77. The Morgan fingerprint density at radius 3 is 2.80 bits per heavy atom. The van der Waals surface area contributed by atoms with Crippen LogP contribution in [0.1, 0.15) is 31.1 Å². The molecule has 4 heteroatoms. The first-order valence-electron chi connectivity index (χ1n) is 6.88. The van der Waals surface area contributed by atoms with Crippen LogP contribution in [0.15, 0.2) is 35.9 Å². The highest BCUT2D eigenvalue weighted by Gasteiger charge is 2.22. The van der Waals surface area contributed by atoms with Gasteiger partial charge in [-0.25, -0.2) is 4.39 Å². The summed E-state index contributed by atoms with van der Waals surface area (Å²) in [6, 6.07) is 6.94. The van der Waals surface area contributed by atoms with E-state index < -0.39 is 0 Å². The van der Waals surface area contributed by atoms with Gasteiger partial charge in [0.2, 0.25) is 5.91 Å². The maximum atomic E-state index is 13.8. The molecule has 1 amide bonds. The fourth-order valence-corrected chi connectivity index (χ4v) is 3.57. The Balaban J connectivity index is 2.04. The van der Waals surface area contributed by atoms with E-state index in [4.69, 9.17) is 0 Å². The van der Waals surface area contributed by atoms with Crippen molar-refractivity contribution in [3.05, 3.63) is 47.3 Å². The van der Waals surface area contributed by atoms with Crippen LogP contribution < -0.4 is 0 Å². The Labute approximate surface area is 124 Å². The molecule has 0 spiro atoms. The lowest BCUT2D eigenvalue weighted by atomic mass is 10.1. The first-order valence-corrected chi connectivity index (χ1v) is 7.92. The lowest BCUT2D eigenvalue weighted by molar-refractivity contribution is -0.125. The molecular weight excluding hydrogens is 273 g/mol. The predicted octanol–water partition coefficient (Wildman–Crippen LogP) is 3.80. The molecule has 1 saturated heterocycles. The maximum absolute atomic E-state index is 13.8. The number of nitrogens with zero attached hydrogens (tertiary/aromatic N) is 1. The molecule has 2 nitrogen and oxygen atoms in total. The van der Waals surface area contributed by atoms with E-state index >= 15 is 0 Å². The molecule has 1 aromatic rings. The van der Waals surface area contributed by atoms with Gasteiger partial charge in [0.1, 0.15) is 5.82 Å². The molecule has 0 aliphatic carbocycles. The number of thioether (sulfide) groups is 1. The summed E-state index contributed by atoms with van der Waals surface area (Å²) in [7, 11) is 0. The molecule has 108 valence electrons. The lowest BCUT2D eigenvalue weighted by Gasteiger charge is -2.19. The van der Waals surface area contributed by atoms with Gasteiger partial charge in [0, 0.05) is 35.7 Å². The maximum Gasteiger partial charge on any atom is 0.246 e. The highest BCUT2D eigenvalue weighted by Crippen LogP contribution is 2.35. The quantitative estimate of drug-likeness (QED) is 0.773. The standard InChI is InChI=1S/C16H20FNOS/c1-12(2)11-16(19)18-8-7-15(20-10-9-18)13-5-3-4-6-14(13)17/h3-6,11,15H,7-10H2,1-2H3. The molecule has 0 N–H and O–H groups in total. The third-order valence-electron chi connectivity index (χ3n) is 3.32. The molecule has 1 aromatic carbocycles. The number of amides is 1. The van der Waals surface area contributed by atoms with Crippen molar-refractivity contribution < 1.29 is 9.18 Å². The number of hydrogen-bond donors (Lipinski definition) is 0. The van der Waals surface area contributed by atoms with Crippen LogP contribution in [0.3, 0.4) is 0 Å². The van der Waals surface area contributed by atoms with E-state index in [1.54, 1.807) is 23.9 Å². The van der Waals surface area contributed by atoms with Gasteiger partial charge in [0.25, 0.3) is 0 Å². The molecule has 0 radical (unpaired) electrons. The Morgan fingerprint density at radius 1 is 1.35 bits per heavy atom. The van der Waals surface area contributed by atoms with Crippen molar-refractivity contribution in [3.8, 4) is 0 Å². The van der Waals surface area contributed by atoms with E-state index in [-0.39, 0.29) is 17.0 Å². The number of carbonyl (C=O) groups excluding carboxylic acids is 1. The summed E-state index contributed by atoms with van der Waals surface area (Å²) in [6.07, 6.45) is 2.47. The summed E-state index contributed by atoms with van der Waals surface area (Å²) in [6.45, 7) is 5.27. The van der Waals surface area contributed by atoms with E-state index in [1.807, 2.05) is 30.9 Å². The van der Waals surface area contributed by atoms with Gasteiger partial charge in [-0.1, -0.05) is 23.8 Å². The third-order valence-corrected chi connectivity index (χ3v) is 4.63. The Kier molecular flexibility index (Phi) is 5.24. The molecular formula is C16H20FNOS. The van der Waals surface area contributed by atoms with Gasteiger partial charge in [-0.15, -0.1) is 0 Å². The monoisotopic (exact) mass is 293 g/mol. The van der Waals surface area contributed by atoms with E-state index in [2.05, 4.69) is 0 Å². The highest BCUT2D eigenvalue weighted by atomic mass is 32.2. The second kappa shape index (κ2) is 6.93. The number of hydrogen-bond acceptors (Lipinski definition) is 2. The molecule has 2 rings (SSSR count). The molecule has 1 aliphatic heterocycles. The zero-order valence-electron chi connectivity index (χ0n) is 11.9. The molecule has 1 atom stereocenters. The van der Waals surface area contributed by atoms with Crippen molar-refractivity contribution in [2.24, 2.45) is 0 Å². The average molecular weight is 293 g/mol. The van der Waals surface area contributed by atoms with Crippen LogP contribution in [-0.2, 0) is 4.79 Å². The molecule has 20 heavy (non-hydrogen) atoms. The fourth-order valence-electron chi connectivity index (χ4n) is 2.31. The minimum atomic E-state index is -0.144. The van der Waals surface area contributed by atoms with Gasteiger partial charge >= 0.3 is 0 Å². The summed E-state index contributed by atoms with van der Waals surface area (Å²) < 4.78 is 13.8. The lowest BCUT2D eigenvalue weighted by Crippen LogP contribution is -2.31. The van der Waals surface area contributed by atoms with Gasteiger partial charge in [0.15, 0.2) is 0 Å². The summed E-state index contributed by atoms with van der Waals surface area (Å²) in [4.78, 5) is 13.9. The van der Waals surface area contributed by atoms with Gasteiger partial charge in [0.05, 0.1) is 0 Å². The van der Waals surface area contributed by atoms with E-state index in [9.17, 15) is 9.18 Å². The minimum Gasteiger partial charge on any atom is -0.338 e. The van der Waals surface area contributed by atoms with Crippen molar-refractivity contribution in [1.29, 1.82) is 0 Å². The van der Waals surface area contributed by atoms with Crippen LogP contribution in [0, 0.1) is 5.82 Å². The molecule has 1 heterocycles. The number of rotatable bonds is 2. The second-order valence-electron chi connectivity index (χ2n) is 5.22.